The number of hydrogen-bond donors (Lipinski definition) is 0. The number of epoxide rings is 2. The van der Waals surface area contributed by atoms with Gasteiger partial charge in [-0.25, -0.2) is 0 Å². The van der Waals surface area contributed by atoms with Crippen LogP contribution in [0.5, 0.6) is 11.5 Å². The molecule has 0 aromatic heterocycles. The lowest BCUT2D eigenvalue weighted by Crippen LogP contribution is -2.26. The lowest BCUT2D eigenvalue weighted by Gasteiger charge is -2.35. The van der Waals surface area contributed by atoms with Gasteiger partial charge in [-0.3, -0.25) is 0 Å². The third-order valence-electron chi connectivity index (χ3n) is 13.7. The van der Waals surface area contributed by atoms with Crippen LogP contribution in [-0.2, 0) is 37.6 Å². The summed E-state index contributed by atoms with van der Waals surface area (Å²) in [6.45, 7) is 34.5. The van der Waals surface area contributed by atoms with Crippen LogP contribution in [0.1, 0.15) is 233 Å². The topological polar surface area (TPSA) is 43.5 Å². The van der Waals surface area contributed by atoms with Crippen LogP contribution in [-0.4, -0.2) is 37.6 Å². The number of hydrogen-bond acceptors (Lipinski definition) is 4. The average Bonchev–Trinajstić information content (AvgIpc) is 4.06. The molecule has 0 spiro atoms. The van der Waals surface area contributed by atoms with E-state index in [1.807, 2.05) is 0 Å². The molecule has 0 bridgehead atoms. The third kappa shape index (κ3) is 13.5. The van der Waals surface area contributed by atoms with Gasteiger partial charge in [0.2, 0.25) is 0 Å². The van der Waals surface area contributed by atoms with E-state index in [0.29, 0.717) is 13.2 Å². The van der Waals surface area contributed by atoms with E-state index in [2.05, 4.69) is 121 Å². The van der Waals surface area contributed by atoms with Crippen molar-refractivity contribution in [2.24, 2.45) is 0 Å². The highest BCUT2D eigenvalue weighted by molar-refractivity contribution is 5.55. The van der Waals surface area contributed by atoms with Crippen molar-refractivity contribution in [2.45, 2.75) is 252 Å². The van der Waals surface area contributed by atoms with Crippen molar-refractivity contribution in [3.8, 4) is 11.5 Å². The number of rotatable bonds is 28. The molecule has 2 heterocycles. The van der Waals surface area contributed by atoms with E-state index < -0.39 is 0 Å². The minimum absolute atomic E-state index is 0.0244. The minimum atomic E-state index is -0.0244. The monoisotopic (exact) mass is 789 g/mol. The van der Waals surface area contributed by atoms with E-state index in [9.17, 15) is 0 Å². The lowest BCUT2D eigenvalue weighted by atomic mass is 9.71. The molecule has 2 aromatic carbocycles. The van der Waals surface area contributed by atoms with E-state index in [-0.39, 0.29) is 46.1 Å². The maximum absolute atomic E-state index is 7.00. The Hall–Kier alpha value is -2.04. The second-order valence-electron chi connectivity index (χ2n) is 21.0. The zero-order valence-corrected chi connectivity index (χ0v) is 39.7. The summed E-state index contributed by atoms with van der Waals surface area (Å²) in [6, 6.07) is 10.2. The Kier molecular flexibility index (Phi) is 17.5. The van der Waals surface area contributed by atoms with Crippen LogP contribution in [0.4, 0.5) is 0 Å². The molecule has 4 nitrogen and oxygen atoms in total. The first-order valence-corrected chi connectivity index (χ1v) is 23.8. The maximum atomic E-state index is 7.00. The Bertz CT molecular complexity index is 1330. The van der Waals surface area contributed by atoms with Crippen molar-refractivity contribution in [3.05, 3.63) is 57.6 Å². The Morgan fingerprint density at radius 1 is 0.439 bits per heavy atom. The molecule has 4 rings (SSSR count). The summed E-state index contributed by atoms with van der Waals surface area (Å²) < 4.78 is 25.8. The first kappa shape index (κ1) is 47.6. The van der Waals surface area contributed by atoms with Crippen LogP contribution in [0, 0.1) is 0 Å². The Morgan fingerprint density at radius 2 is 0.684 bits per heavy atom. The zero-order valence-electron chi connectivity index (χ0n) is 39.7. The van der Waals surface area contributed by atoms with Gasteiger partial charge in [-0.15, -0.1) is 0 Å². The normalized spacial score (nSPS) is 19.9. The predicted molar refractivity (Wildman–Crippen MR) is 244 cm³/mol. The van der Waals surface area contributed by atoms with Crippen molar-refractivity contribution >= 4 is 0 Å². The Balaban J connectivity index is 1.93. The molecular formula is C53H88O4. The molecule has 0 saturated carbocycles. The quantitative estimate of drug-likeness (QED) is 0.0636. The highest BCUT2D eigenvalue weighted by Crippen LogP contribution is 2.48. The predicted octanol–water partition coefficient (Wildman–Crippen LogP) is 15.0. The van der Waals surface area contributed by atoms with Gasteiger partial charge in [-0.1, -0.05) is 184 Å². The van der Waals surface area contributed by atoms with E-state index in [0.717, 1.165) is 43.6 Å². The van der Waals surface area contributed by atoms with Crippen LogP contribution in [0.3, 0.4) is 0 Å². The molecule has 2 aromatic rings. The molecule has 2 fully saturated rings. The van der Waals surface area contributed by atoms with E-state index >= 15 is 0 Å². The molecule has 0 radical (unpaired) electrons. The van der Waals surface area contributed by atoms with Gasteiger partial charge in [-0.05, 0) is 78.7 Å². The minimum Gasteiger partial charge on any atom is -0.490 e. The van der Waals surface area contributed by atoms with Crippen molar-refractivity contribution in [2.75, 3.05) is 13.2 Å². The highest BCUT2D eigenvalue weighted by Gasteiger charge is 2.39. The molecule has 4 unspecified atom stereocenters. The van der Waals surface area contributed by atoms with Crippen LogP contribution in [0.15, 0.2) is 24.3 Å². The van der Waals surface area contributed by atoms with E-state index in [1.54, 1.807) is 0 Å². The zero-order chi connectivity index (χ0) is 42.0. The van der Waals surface area contributed by atoms with Gasteiger partial charge in [0, 0.05) is 22.3 Å². The molecule has 0 amide bonds. The summed E-state index contributed by atoms with van der Waals surface area (Å²) in [5, 5.41) is 0. The van der Waals surface area contributed by atoms with Crippen LogP contribution in [0.2, 0.25) is 0 Å². The van der Waals surface area contributed by atoms with Gasteiger partial charge in [-0.2, -0.15) is 0 Å². The fourth-order valence-electron chi connectivity index (χ4n) is 9.09. The molecule has 0 N–H and O–H groups in total. The second-order valence-corrected chi connectivity index (χ2v) is 21.0. The first-order valence-electron chi connectivity index (χ1n) is 23.8. The number of benzene rings is 2. The van der Waals surface area contributed by atoms with Gasteiger partial charge in [0.05, 0.1) is 12.2 Å². The fraction of sp³-hybridized carbons (Fsp3) is 0.774. The molecule has 57 heavy (non-hydrogen) atoms. The average molecular weight is 789 g/mol. The molecule has 2 aliphatic heterocycles. The summed E-state index contributed by atoms with van der Waals surface area (Å²) in [5.74, 6) is 2.25. The lowest BCUT2D eigenvalue weighted by molar-refractivity contribution is 0.247. The smallest absolute Gasteiger partial charge is 0.126 e. The molecular weight excluding hydrogens is 701 g/mol. The van der Waals surface area contributed by atoms with Gasteiger partial charge >= 0.3 is 0 Å². The van der Waals surface area contributed by atoms with Crippen molar-refractivity contribution < 1.29 is 18.9 Å². The third-order valence-corrected chi connectivity index (χ3v) is 13.7. The van der Waals surface area contributed by atoms with Crippen molar-refractivity contribution in [1.82, 2.24) is 0 Å². The summed E-state index contributed by atoms with van der Waals surface area (Å²) in [5.41, 5.74) is 8.20. The van der Waals surface area contributed by atoms with E-state index in [1.165, 1.54) is 110 Å². The summed E-state index contributed by atoms with van der Waals surface area (Å²) in [4.78, 5) is 0. The maximum Gasteiger partial charge on any atom is 0.126 e. The summed E-state index contributed by atoms with van der Waals surface area (Å²) >= 11 is 0. The molecule has 324 valence electrons. The van der Waals surface area contributed by atoms with Crippen molar-refractivity contribution in [3.63, 3.8) is 0 Å². The van der Waals surface area contributed by atoms with Gasteiger partial charge in [0.15, 0.2) is 0 Å². The molecule has 4 atom stereocenters. The molecule has 2 saturated heterocycles. The van der Waals surface area contributed by atoms with Crippen molar-refractivity contribution in [1.29, 1.82) is 0 Å². The largest absolute Gasteiger partial charge is 0.490 e. The molecule has 0 aliphatic carbocycles. The van der Waals surface area contributed by atoms with Gasteiger partial charge in [0.25, 0.3) is 0 Å². The van der Waals surface area contributed by atoms with Crippen LogP contribution >= 0.6 is 0 Å². The second kappa shape index (κ2) is 21.0. The highest BCUT2D eigenvalue weighted by atomic mass is 16.6. The molecule has 2 aliphatic rings. The summed E-state index contributed by atoms with van der Waals surface area (Å²) in [7, 11) is 0. The van der Waals surface area contributed by atoms with Crippen LogP contribution in [0.25, 0.3) is 0 Å². The summed E-state index contributed by atoms with van der Waals surface area (Å²) in [6.07, 6.45) is 21.3. The fourth-order valence-corrected chi connectivity index (χ4v) is 9.09. The van der Waals surface area contributed by atoms with Gasteiger partial charge < -0.3 is 18.9 Å². The standard InChI is InChI=1S/C53H88O4/c1-15-19-23-27-50(7,8)42-32-40(33-43(51(9,10)28-24-20-16-2)48(42)54-36-46-38(5)56-46)31-41-34-44(52(11,12)29-25-21-17-3)49(55-37-47-39(6)57-47)45(35-41)53(13,14)30-26-22-18-4/h32-35,38-39,46-47H,15-31,36-37H2,1-14H3. The molecule has 4 heteroatoms. The number of ether oxygens (including phenoxy) is 4. The van der Waals surface area contributed by atoms with E-state index in [4.69, 9.17) is 18.9 Å². The Morgan fingerprint density at radius 3 is 0.895 bits per heavy atom. The van der Waals surface area contributed by atoms with Crippen LogP contribution < -0.4 is 9.47 Å². The number of unbranched alkanes of at least 4 members (excludes halogenated alkanes) is 8. The first-order chi connectivity index (χ1) is 26.9. The Labute approximate surface area is 352 Å². The SMILES string of the molecule is CCCCCC(C)(C)c1cc(Cc2cc(C(C)(C)CCCCC)c(OCC3OC3C)c(C(C)(C)CCCCC)c2)cc(C(C)(C)CCCCC)c1OCC1OC1C. The van der Waals surface area contributed by atoms with Gasteiger partial charge in [0.1, 0.15) is 36.9 Å².